The number of carbonyl (C=O) groups is 1. The van der Waals surface area contributed by atoms with E-state index in [1.165, 1.54) is 36.1 Å². The molecule has 4 nitrogen and oxygen atoms in total. The molecule has 5 rings (SSSR count). The molecule has 1 amide bonds. The van der Waals surface area contributed by atoms with E-state index >= 15 is 0 Å². The highest BCUT2D eigenvalue weighted by Crippen LogP contribution is 2.63. The van der Waals surface area contributed by atoms with Gasteiger partial charge in [-0.25, -0.2) is 0 Å². The monoisotopic (exact) mass is 418 g/mol. The number of anilines is 1. The van der Waals surface area contributed by atoms with Gasteiger partial charge >= 0.3 is 0 Å². The van der Waals surface area contributed by atoms with Crippen LogP contribution in [-0.2, 0) is 4.74 Å². The van der Waals surface area contributed by atoms with Crippen LogP contribution in [0.25, 0.3) is 0 Å². The lowest BCUT2D eigenvalue weighted by Crippen LogP contribution is -2.35. The molecule has 0 radical (unpaired) electrons. The molecule has 31 heavy (non-hydrogen) atoms. The summed E-state index contributed by atoms with van der Waals surface area (Å²) in [5.74, 6) is 2.76. The van der Waals surface area contributed by atoms with Crippen molar-refractivity contribution in [3.05, 3.63) is 65.2 Å². The molecule has 0 spiro atoms. The summed E-state index contributed by atoms with van der Waals surface area (Å²) in [4.78, 5) is 12.8. The number of fused-ring (bicyclic) bond motifs is 7. The predicted molar refractivity (Wildman–Crippen MR) is 124 cm³/mol. The van der Waals surface area contributed by atoms with Gasteiger partial charge in [-0.1, -0.05) is 30.3 Å². The first-order chi connectivity index (χ1) is 15.1. The Bertz CT molecular complexity index is 926. The number of hydrogen-bond donors (Lipinski definition) is 2. The summed E-state index contributed by atoms with van der Waals surface area (Å²) in [5, 5.41) is 6.93. The number of ether oxygens (including phenoxy) is 1. The lowest BCUT2D eigenvalue weighted by atomic mass is 9.68. The van der Waals surface area contributed by atoms with E-state index in [0.29, 0.717) is 31.0 Å². The average Bonchev–Trinajstić information content (AvgIpc) is 3.41. The van der Waals surface area contributed by atoms with Crippen molar-refractivity contribution in [2.45, 2.75) is 57.6 Å². The molecule has 2 N–H and O–H groups in total. The van der Waals surface area contributed by atoms with E-state index in [-0.39, 0.29) is 12.0 Å². The summed E-state index contributed by atoms with van der Waals surface area (Å²) in [6.45, 7) is 5.39. The number of benzene rings is 2. The molecule has 5 atom stereocenters. The van der Waals surface area contributed by atoms with Crippen LogP contribution >= 0.6 is 0 Å². The molecule has 2 aromatic rings. The van der Waals surface area contributed by atoms with Crippen LogP contribution in [0.5, 0.6) is 0 Å². The van der Waals surface area contributed by atoms with Crippen LogP contribution in [-0.4, -0.2) is 25.2 Å². The zero-order valence-corrected chi connectivity index (χ0v) is 18.6. The van der Waals surface area contributed by atoms with E-state index in [1.54, 1.807) is 0 Å². The van der Waals surface area contributed by atoms with E-state index in [1.807, 2.05) is 19.9 Å². The van der Waals surface area contributed by atoms with Gasteiger partial charge in [0, 0.05) is 24.4 Å². The third-order valence-corrected chi connectivity index (χ3v) is 7.57. The van der Waals surface area contributed by atoms with Crippen molar-refractivity contribution >= 4 is 11.6 Å². The number of amides is 1. The van der Waals surface area contributed by atoms with Gasteiger partial charge in [-0.3, -0.25) is 4.79 Å². The average molecular weight is 419 g/mol. The number of rotatable bonds is 7. The molecule has 2 aliphatic carbocycles. The lowest BCUT2D eigenvalue weighted by molar-refractivity contribution is 0.0757. The molecule has 1 aliphatic heterocycles. The molecule has 5 unspecified atom stereocenters. The van der Waals surface area contributed by atoms with Gasteiger partial charge in [0.1, 0.15) is 0 Å². The standard InChI is InChI=1S/C27H34N2O2/c1-17(2)31-14-6-13-28-27(30)21-11-12-23-22(16-21)24-19-9-10-20(15-19)25(24)26(29-23)18-7-4-3-5-8-18/h3-5,7-8,11-12,16-17,19-20,24-26,29H,6,9-10,13-15H2,1-2H3,(H,28,30). The van der Waals surface area contributed by atoms with Gasteiger partial charge in [-0.05, 0) is 92.5 Å². The molecule has 2 bridgehead atoms. The Labute approximate surface area is 185 Å². The third-order valence-electron chi connectivity index (χ3n) is 7.57. The molecule has 2 fully saturated rings. The van der Waals surface area contributed by atoms with E-state index < -0.39 is 0 Å². The highest BCUT2D eigenvalue weighted by Gasteiger charge is 2.53. The van der Waals surface area contributed by atoms with Gasteiger partial charge in [0.15, 0.2) is 0 Å². The maximum atomic E-state index is 12.8. The Morgan fingerprint density at radius 3 is 2.74 bits per heavy atom. The van der Waals surface area contributed by atoms with Crippen molar-refractivity contribution in [1.29, 1.82) is 0 Å². The fraction of sp³-hybridized carbons (Fsp3) is 0.519. The zero-order chi connectivity index (χ0) is 21.4. The van der Waals surface area contributed by atoms with Gasteiger partial charge in [0.25, 0.3) is 5.91 Å². The van der Waals surface area contributed by atoms with Crippen molar-refractivity contribution in [2.75, 3.05) is 18.5 Å². The molecule has 164 valence electrons. The van der Waals surface area contributed by atoms with Crippen molar-refractivity contribution in [3.63, 3.8) is 0 Å². The van der Waals surface area contributed by atoms with E-state index in [9.17, 15) is 4.79 Å². The molecular formula is C27H34N2O2. The maximum absolute atomic E-state index is 12.8. The summed E-state index contributed by atoms with van der Waals surface area (Å²) in [5.41, 5.74) is 4.75. The largest absolute Gasteiger partial charge is 0.379 e. The summed E-state index contributed by atoms with van der Waals surface area (Å²) in [7, 11) is 0. The first kappa shape index (κ1) is 20.6. The van der Waals surface area contributed by atoms with Crippen molar-refractivity contribution in [1.82, 2.24) is 5.32 Å². The quantitative estimate of drug-likeness (QED) is 0.582. The van der Waals surface area contributed by atoms with Crippen LogP contribution in [0.4, 0.5) is 5.69 Å². The molecule has 0 saturated heterocycles. The molecule has 1 heterocycles. The molecule has 3 aliphatic rings. The van der Waals surface area contributed by atoms with Crippen LogP contribution in [0.2, 0.25) is 0 Å². The van der Waals surface area contributed by atoms with Crippen LogP contribution in [0.15, 0.2) is 48.5 Å². The smallest absolute Gasteiger partial charge is 0.251 e. The highest BCUT2D eigenvalue weighted by molar-refractivity contribution is 5.95. The molecule has 2 aromatic carbocycles. The second-order valence-electron chi connectivity index (χ2n) is 9.80. The molecular weight excluding hydrogens is 384 g/mol. The van der Waals surface area contributed by atoms with Gasteiger partial charge in [0.05, 0.1) is 12.1 Å². The molecule has 4 heteroatoms. The third kappa shape index (κ3) is 3.98. The van der Waals surface area contributed by atoms with Crippen molar-refractivity contribution < 1.29 is 9.53 Å². The normalized spacial score (nSPS) is 28.2. The highest BCUT2D eigenvalue weighted by atomic mass is 16.5. The topological polar surface area (TPSA) is 50.4 Å². The minimum atomic E-state index is 0.0252. The van der Waals surface area contributed by atoms with Gasteiger partial charge < -0.3 is 15.4 Å². The summed E-state index contributed by atoms with van der Waals surface area (Å²) >= 11 is 0. The van der Waals surface area contributed by atoms with Gasteiger partial charge in [-0.15, -0.1) is 0 Å². The number of hydrogen-bond acceptors (Lipinski definition) is 3. The minimum absolute atomic E-state index is 0.0252. The molecule has 2 saturated carbocycles. The van der Waals surface area contributed by atoms with Crippen LogP contribution in [0.1, 0.15) is 73.0 Å². The Kier molecular flexibility index (Phi) is 5.75. The van der Waals surface area contributed by atoms with Crippen LogP contribution in [0.3, 0.4) is 0 Å². The predicted octanol–water partition coefficient (Wildman–Crippen LogP) is 5.53. The van der Waals surface area contributed by atoms with Gasteiger partial charge in [0.2, 0.25) is 0 Å². The van der Waals surface area contributed by atoms with Crippen LogP contribution < -0.4 is 10.6 Å². The minimum Gasteiger partial charge on any atom is -0.379 e. The first-order valence-electron chi connectivity index (χ1n) is 12.0. The van der Waals surface area contributed by atoms with E-state index in [2.05, 4.69) is 53.1 Å². The van der Waals surface area contributed by atoms with E-state index in [0.717, 1.165) is 23.8 Å². The van der Waals surface area contributed by atoms with Crippen LogP contribution in [0, 0.1) is 17.8 Å². The first-order valence-corrected chi connectivity index (χ1v) is 12.0. The van der Waals surface area contributed by atoms with Crippen molar-refractivity contribution in [2.24, 2.45) is 17.8 Å². The Hall–Kier alpha value is -2.33. The summed E-state index contributed by atoms with van der Waals surface area (Å²) < 4.78 is 5.57. The van der Waals surface area contributed by atoms with E-state index in [4.69, 9.17) is 4.74 Å². The number of nitrogens with one attached hydrogen (secondary N) is 2. The second kappa shape index (κ2) is 8.66. The second-order valence-corrected chi connectivity index (χ2v) is 9.80. The molecule has 0 aromatic heterocycles. The number of carbonyl (C=O) groups excluding carboxylic acids is 1. The Morgan fingerprint density at radius 1 is 1.13 bits per heavy atom. The Balaban J connectivity index is 1.35. The van der Waals surface area contributed by atoms with Crippen molar-refractivity contribution in [3.8, 4) is 0 Å². The fourth-order valence-corrected chi connectivity index (χ4v) is 6.31. The summed E-state index contributed by atoms with van der Waals surface area (Å²) in [6.07, 6.45) is 5.10. The summed E-state index contributed by atoms with van der Waals surface area (Å²) in [6, 6.07) is 17.6. The lowest BCUT2D eigenvalue weighted by Gasteiger charge is -2.43. The maximum Gasteiger partial charge on any atom is 0.251 e. The SMILES string of the molecule is CC(C)OCCCNC(=O)c1ccc2c(c1)C1C3CCC(C3)C1C(c1ccccc1)N2. The zero-order valence-electron chi connectivity index (χ0n) is 18.6. The van der Waals surface area contributed by atoms with Gasteiger partial charge in [-0.2, -0.15) is 0 Å². The Morgan fingerprint density at radius 2 is 1.94 bits per heavy atom. The fourth-order valence-electron chi connectivity index (χ4n) is 6.31.